The monoisotopic (exact) mass is 248 g/mol. The molecule has 4 heteroatoms. The molecule has 4 nitrogen and oxygen atoms in total. The first-order valence-corrected chi connectivity index (χ1v) is 6.43. The normalized spacial score (nSPS) is 23.4. The van der Waals surface area contributed by atoms with Gasteiger partial charge in [-0.25, -0.2) is 4.79 Å². The third kappa shape index (κ3) is 3.74. The molecule has 0 aromatic heterocycles. The number of benzene rings is 1. The lowest BCUT2D eigenvalue weighted by Gasteiger charge is -2.25. The van der Waals surface area contributed by atoms with E-state index in [0.717, 1.165) is 36.9 Å². The molecule has 0 spiro atoms. The van der Waals surface area contributed by atoms with Crippen LogP contribution in [0, 0.1) is 6.92 Å². The molecule has 1 saturated carbocycles. The van der Waals surface area contributed by atoms with Gasteiger partial charge in [0.25, 0.3) is 0 Å². The number of carbonyl (C=O) groups is 1. The first-order valence-electron chi connectivity index (χ1n) is 6.43. The van der Waals surface area contributed by atoms with E-state index in [2.05, 4.69) is 5.32 Å². The molecule has 0 unspecified atom stereocenters. The lowest BCUT2D eigenvalue weighted by Crippen LogP contribution is -2.32. The van der Waals surface area contributed by atoms with Crippen LogP contribution in [0.15, 0.2) is 24.3 Å². The molecule has 2 rings (SSSR count). The predicted octanol–water partition coefficient (Wildman–Crippen LogP) is 2.81. The van der Waals surface area contributed by atoms with Gasteiger partial charge in [0.1, 0.15) is 6.10 Å². The van der Waals surface area contributed by atoms with Gasteiger partial charge in [-0.15, -0.1) is 0 Å². The zero-order valence-corrected chi connectivity index (χ0v) is 10.7. The zero-order valence-electron chi connectivity index (χ0n) is 10.7. The van der Waals surface area contributed by atoms with E-state index in [9.17, 15) is 4.79 Å². The van der Waals surface area contributed by atoms with Crippen LogP contribution in [0.2, 0.25) is 0 Å². The number of anilines is 1. The smallest absolute Gasteiger partial charge is 0.411 e. The van der Waals surface area contributed by atoms with Crippen LogP contribution in [0.25, 0.3) is 0 Å². The molecule has 1 aliphatic carbocycles. The van der Waals surface area contributed by atoms with Gasteiger partial charge in [0, 0.05) is 11.7 Å². The van der Waals surface area contributed by atoms with Crippen molar-refractivity contribution in [2.75, 3.05) is 5.32 Å². The van der Waals surface area contributed by atoms with E-state index in [1.165, 1.54) is 0 Å². The zero-order chi connectivity index (χ0) is 13.0. The van der Waals surface area contributed by atoms with Crippen molar-refractivity contribution in [3.05, 3.63) is 29.8 Å². The van der Waals surface area contributed by atoms with Crippen LogP contribution in [-0.2, 0) is 4.74 Å². The maximum absolute atomic E-state index is 11.7. The quantitative estimate of drug-likeness (QED) is 0.845. The van der Waals surface area contributed by atoms with Gasteiger partial charge >= 0.3 is 6.09 Å². The molecular weight excluding hydrogens is 228 g/mol. The third-order valence-electron chi connectivity index (χ3n) is 3.26. The summed E-state index contributed by atoms with van der Waals surface area (Å²) in [6, 6.07) is 7.93. The lowest BCUT2D eigenvalue weighted by molar-refractivity contribution is 0.0826. The van der Waals surface area contributed by atoms with E-state index in [4.69, 9.17) is 10.5 Å². The number of hydrogen-bond donors (Lipinski definition) is 2. The van der Waals surface area contributed by atoms with Crippen molar-refractivity contribution >= 4 is 11.8 Å². The molecular formula is C14H20N2O2. The molecule has 0 saturated heterocycles. The topological polar surface area (TPSA) is 64.3 Å². The second-order valence-electron chi connectivity index (χ2n) is 4.94. The average Bonchev–Trinajstić information content (AvgIpc) is 2.32. The summed E-state index contributed by atoms with van der Waals surface area (Å²) in [5.74, 6) is 0. The molecule has 1 aromatic carbocycles. The Kier molecular flexibility index (Phi) is 4.20. The van der Waals surface area contributed by atoms with E-state index in [1.807, 2.05) is 31.2 Å². The Labute approximate surface area is 108 Å². The van der Waals surface area contributed by atoms with Crippen molar-refractivity contribution < 1.29 is 9.53 Å². The van der Waals surface area contributed by atoms with E-state index >= 15 is 0 Å². The Balaban J connectivity index is 1.82. The van der Waals surface area contributed by atoms with Gasteiger partial charge in [0.15, 0.2) is 0 Å². The summed E-state index contributed by atoms with van der Waals surface area (Å²) in [5, 5.41) is 2.75. The SMILES string of the molecule is Cc1cccc(NC(=O)OC2CCC(N)CC2)c1. The number of nitrogens with one attached hydrogen (secondary N) is 1. The predicted molar refractivity (Wildman–Crippen MR) is 71.5 cm³/mol. The third-order valence-corrected chi connectivity index (χ3v) is 3.26. The lowest BCUT2D eigenvalue weighted by atomic mass is 9.94. The number of carbonyl (C=O) groups excluding carboxylic acids is 1. The highest BCUT2D eigenvalue weighted by atomic mass is 16.6. The van der Waals surface area contributed by atoms with Gasteiger partial charge in [0.2, 0.25) is 0 Å². The van der Waals surface area contributed by atoms with Crippen molar-refractivity contribution in [2.24, 2.45) is 5.73 Å². The van der Waals surface area contributed by atoms with Crippen LogP contribution in [0.1, 0.15) is 31.2 Å². The molecule has 98 valence electrons. The summed E-state index contributed by atoms with van der Waals surface area (Å²) in [7, 11) is 0. The molecule has 1 amide bonds. The van der Waals surface area contributed by atoms with E-state index in [-0.39, 0.29) is 18.2 Å². The fraction of sp³-hybridized carbons (Fsp3) is 0.500. The average molecular weight is 248 g/mol. The van der Waals surface area contributed by atoms with Gasteiger partial charge in [-0.2, -0.15) is 0 Å². The second-order valence-corrected chi connectivity index (χ2v) is 4.94. The van der Waals surface area contributed by atoms with Crippen molar-refractivity contribution in [1.82, 2.24) is 0 Å². The molecule has 1 fully saturated rings. The molecule has 0 atom stereocenters. The number of rotatable bonds is 2. The van der Waals surface area contributed by atoms with Crippen LogP contribution in [0.5, 0.6) is 0 Å². The Bertz CT molecular complexity index is 412. The van der Waals surface area contributed by atoms with Gasteiger partial charge in [-0.3, -0.25) is 5.32 Å². The highest BCUT2D eigenvalue weighted by Gasteiger charge is 2.21. The summed E-state index contributed by atoms with van der Waals surface area (Å²) >= 11 is 0. The van der Waals surface area contributed by atoms with E-state index < -0.39 is 0 Å². The molecule has 18 heavy (non-hydrogen) atoms. The maximum Gasteiger partial charge on any atom is 0.411 e. The highest BCUT2D eigenvalue weighted by molar-refractivity contribution is 5.84. The highest BCUT2D eigenvalue weighted by Crippen LogP contribution is 2.20. The summed E-state index contributed by atoms with van der Waals surface area (Å²) < 4.78 is 5.38. The minimum absolute atomic E-state index is 0.00890. The molecule has 0 bridgehead atoms. The molecule has 1 aliphatic rings. The maximum atomic E-state index is 11.7. The van der Waals surface area contributed by atoms with Gasteiger partial charge in [0.05, 0.1) is 0 Å². The number of aryl methyl sites for hydroxylation is 1. The van der Waals surface area contributed by atoms with Crippen LogP contribution in [-0.4, -0.2) is 18.2 Å². The summed E-state index contributed by atoms with van der Waals surface area (Å²) in [6.45, 7) is 1.99. The van der Waals surface area contributed by atoms with Gasteiger partial charge in [-0.05, 0) is 50.3 Å². The van der Waals surface area contributed by atoms with Crippen molar-refractivity contribution in [3.8, 4) is 0 Å². The van der Waals surface area contributed by atoms with E-state index in [1.54, 1.807) is 0 Å². The summed E-state index contributed by atoms with van der Waals surface area (Å²) in [4.78, 5) is 11.7. The number of hydrogen-bond acceptors (Lipinski definition) is 3. The van der Waals surface area contributed by atoms with Crippen LogP contribution in [0.4, 0.5) is 10.5 Å². The molecule has 1 aromatic rings. The molecule has 0 aliphatic heterocycles. The number of amides is 1. The molecule has 3 N–H and O–H groups in total. The second kappa shape index (κ2) is 5.87. The van der Waals surface area contributed by atoms with Crippen molar-refractivity contribution in [1.29, 1.82) is 0 Å². The van der Waals surface area contributed by atoms with Crippen molar-refractivity contribution in [2.45, 2.75) is 44.8 Å². The fourth-order valence-electron chi connectivity index (χ4n) is 2.23. The van der Waals surface area contributed by atoms with Crippen LogP contribution >= 0.6 is 0 Å². The first-order chi connectivity index (χ1) is 8.63. The van der Waals surface area contributed by atoms with E-state index in [0.29, 0.717) is 0 Å². The largest absolute Gasteiger partial charge is 0.446 e. The van der Waals surface area contributed by atoms with Crippen molar-refractivity contribution in [3.63, 3.8) is 0 Å². The van der Waals surface area contributed by atoms with Gasteiger partial charge in [-0.1, -0.05) is 12.1 Å². The number of nitrogens with two attached hydrogens (primary N) is 1. The minimum Gasteiger partial charge on any atom is -0.446 e. The summed E-state index contributed by atoms with van der Waals surface area (Å²) in [6.07, 6.45) is 3.23. The Morgan fingerprint density at radius 2 is 2.06 bits per heavy atom. The van der Waals surface area contributed by atoms with Crippen LogP contribution in [0.3, 0.4) is 0 Å². The van der Waals surface area contributed by atoms with Gasteiger partial charge < -0.3 is 10.5 Å². The standard InChI is InChI=1S/C14H20N2O2/c1-10-3-2-4-12(9-10)16-14(17)18-13-7-5-11(15)6-8-13/h2-4,9,11,13H,5-8,15H2,1H3,(H,16,17). The Morgan fingerprint density at radius 1 is 1.33 bits per heavy atom. The van der Waals surface area contributed by atoms with Crippen LogP contribution < -0.4 is 11.1 Å². The number of ether oxygens (including phenoxy) is 1. The minimum atomic E-state index is -0.374. The first kappa shape index (κ1) is 12.9. The Morgan fingerprint density at radius 3 is 2.72 bits per heavy atom. The summed E-state index contributed by atoms with van der Waals surface area (Å²) in [5.41, 5.74) is 7.69. The fourth-order valence-corrected chi connectivity index (χ4v) is 2.23. The molecule has 0 heterocycles. The molecule has 0 radical (unpaired) electrons. The Hall–Kier alpha value is -1.55.